The van der Waals surface area contributed by atoms with E-state index >= 15 is 0 Å². The lowest BCUT2D eigenvalue weighted by molar-refractivity contribution is 0.208. The zero-order valence-electron chi connectivity index (χ0n) is 15.9. The quantitative estimate of drug-likeness (QED) is 0.856. The zero-order valence-corrected chi connectivity index (χ0v) is 15.9. The summed E-state index contributed by atoms with van der Waals surface area (Å²) >= 11 is 0. The van der Waals surface area contributed by atoms with E-state index in [1.54, 1.807) is 6.33 Å². The van der Waals surface area contributed by atoms with Crippen LogP contribution in [-0.4, -0.2) is 47.9 Å². The van der Waals surface area contributed by atoms with E-state index in [0.717, 1.165) is 62.5 Å². The van der Waals surface area contributed by atoms with Crippen molar-refractivity contribution < 1.29 is 5.11 Å². The molecule has 1 N–H and O–H groups in total. The monoisotopic (exact) mass is 346 g/mol. The summed E-state index contributed by atoms with van der Waals surface area (Å²) in [5.41, 5.74) is 0. The van der Waals surface area contributed by atoms with Crippen molar-refractivity contribution >= 4 is 11.6 Å². The maximum Gasteiger partial charge on any atom is 0.134 e. The summed E-state index contributed by atoms with van der Waals surface area (Å²) < 4.78 is 0. The summed E-state index contributed by atoms with van der Waals surface area (Å²) in [5, 5.41) is 9.45. The Hall–Kier alpha value is -1.36. The molecular weight excluding hydrogens is 312 g/mol. The number of aliphatic hydroxyl groups is 1. The van der Waals surface area contributed by atoms with E-state index in [1.807, 2.05) is 0 Å². The molecule has 25 heavy (non-hydrogen) atoms. The number of nitrogens with zero attached hydrogens (tertiary/aromatic N) is 4. The van der Waals surface area contributed by atoms with E-state index in [-0.39, 0.29) is 6.61 Å². The van der Waals surface area contributed by atoms with E-state index in [1.165, 1.54) is 25.7 Å². The molecule has 0 bridgehead atoms. The lowest BCUT2D eigenvalue weighted by Gasteiger charge is -2.35. The molecule has 5 heteroatoms. The Kier molecular flexibility index (Phi) is 6.51. The first kappa shape index (κ1) is 18.4. The Morgan fingerprint density at radius 2 is 1.76 bits per heavy atom. The van der Waals surface area contributed by atoms with Gasteiger partial charge >= 0.3 is 0 Å². The fourth-order valence-electron chi connectivity index (χ4n) is 4.12. The van der Waals surface area contributed by atoms with Crippen LogP contribution in [0.3, 0.4) is 0 Å². The van der Waals surface area contributed by atoms with E-state index in [0.29, 0.717) is 5.92 Å². The predicted molar refractivity (Wildman–Crippen MR) is 103 cm³/mol. The van der Waals surface area contributed by atoms with E-state index in [2.05, 4.69) is 39.7 Å². The third kappa shape index (κ3) is 5.06. The summed E-state index contributed by atoms with van der Waals surface area (Å²) in [6.45, 7) is 9.07. The second-order valence-electron chi connectivity index (χ2n) is 8.27. The van der Waals surface area contributed by atoms with Crippen LogP contribution in [0.15, 0.2) is 12.4 Å². The van der Waals surface area contributed by atoms with Gasteiger partial charge in [-0.2, -0.15) is 0 Å². The maximum atomic E-state index is 9.45. The van der Waals surface area contributed by atoms with Gasteiger partial charge in [-0.15, -0.1) is 0 Å². The minimum absolute atomic E-state index is 0.276. The third-order valence-corrected chi connectivity index (χ3v) is 5.83. The number of aromatic nitrogens is 2. The normalized spacial score (nSPS) is 22.6. The highest BCUT2D eigenvalue weighted by Gasteiger charge is 2.23. The molecule has 3 rings (SSSR count). The van der Waals surface area contributed by atoms with Crippen LogP contribution in [0.5, 0.6) is 0 Å². The first-order valence-corrected chi connectivity index (χ1v) is 10.1. The fourth-order valence-corrected chi connectivity index (χ4v) is 4.12. The fraction of sp³-hybridized carbons (Fsp3) is 0.800. The van der Waals surface area contributed by atoms with Crippen LogP contribution in [-0.2, 0) is 0 Å². The van der Waals surface area contributed by atoms with Gasteiger partial charge in [0, 0.05) is 38.9 Å². The summed E-state index contributed by atoms with van der Waals surface area (Å²) in [7, 11) is 0. The van der Waals surface area contributed by atoms with Crippen molar-refractivity contribution in [2.45, 2.75) is 52.4 Å². The van der Waals surface area contributed by atoms with Crippen molar-refractivity contribution in [2.75, 3.05) is 42.6 Å². The smallest absolute Gasteiger partial charge is 0.134 e. The Morgan fingerprint density at radius 1 is 1.04 bits per heavy atom. The number of hydrogen-bond acceptors (Lipinski definition) is 5. The summed E-state index contributed by atoms with van der Waals surface area (Å²) in [4.78, 5) is 13.8. The Bertz CT molecular complexity index is 528. The molecule has 2 aliphatic heterocycles. The van der Waals surface area contributed by atoms with Crippen LogP contribution < -0.4 is 9.80 Å². The predicted octanol–water partition coefficient (Wildman–Crippen LogP) is 3.34. The van der Waals surface area contributed by atoms with Gasteiger partial charge in [-0.1, -0.05) is 26.7 Å². The van der Waals surface area contributed by atoms with Crippen LogP contribution >= 0.6 is 0 Å². The van der Waals surface area contributed by atoms with Gasteiger partial charge in [-0.3, -0.25) is 0 Å². The first-order chi connectivity index (χ1) is 12.2. The number of aliphatic hydroxyl groups excluding tert-OH is 1. The molecule has 0 radical (unpaired) electrons. The topological polar surface area (TPSA) is 52.5 Å². The van der Waals surface area contributed by atoms with Gasteiger partial charge in [0.15, 0.2) is 0 Å². The number of piperidine rings is 2. The average molecular weight is 347 g/mol. The molecule has 0 aromatic carbocycles. The van der Waals surface area contributed by atoms with Crippen molar-refractivity contribution in [3.05, 3.63) is 12.4 Å². The van der Waals surface area contributed by atoms with Gasteiger partial charge in [-0.05, 0) is 43.4 Å². The SMILES string of the molecule is CC(C)CCC1CCN(c2cc(N3CCCC(CO)C3)ncn2)CC1. The van der Waals surface area contributed by atoms with E-state index in [4.69, 9.17) is 0 Å². The maximum absolute atomic E-state index is 9.45. The van der Waals surface area contributed by atoms with Gasteiger partial charge in [0.25, 0.3) is 0 Å². The van der Waals surface area contributed by atoms with Gasteiger partial charge in [0.05, 0.1) is 0 Å². The second-order valence-corrected chi connectivity index (χ2v) is 8.27. The summed E-state index contributed by atoms with van der Waals surface area (Å²) in [6.07, 6.45) is 9.24. The number of hydrogen-bond donors (Lipinski definition) is 1. The molecule has 0 spiro atoms. The molecule has 5 nitrogen and oxygen atoms in total. The number of anilines is 2. The summed E-state index contributed by atoms with van der Waals surface area (Å²) in [6, 6.07) is 2.15. The lowest BCUT2D eigenvalue weighted by atomic mass is 9.90. The number of rotatable bonds is 6. The minimum atomic E-state index is 0.276. The van der Waals surface area contributed by atoms with Crippen LogP contribution in [0.25, 0.3) is 0 Å². The molecular formula is C20H34N4O. The van der Waals surface area contributed by atoms with Gasteiger partial charge in [0.2, 0.25) is 0 Å². The molecule has 0 aliphatic carbocycles. The molecule has 2 saturated heterocycles. The molecule has 2 aliphatic rings. The van der Waals surface area contributed by atoms with Gasteiger partial charge < -0.3 is 14.9 Å². The second kappa shape index (κ2) is 8.84. The van der Waals surface area contributed by atoms with Crippen molar-refractivity contribution in [1.29, 1.82) is 0 Å². The van der Waals surface area contributed by atoms with E-state index < -0.39 is 0 Å². The molecule has 3 heterocycles. The van der Waals surface area contributed by atoms with Crippen molar-refractivity contribution in [3.8, 4) is 0 Å². The van der Waals surface area contributed by atoms with Gasteiger partial charge in [-0.25, -0.2) is 9.97 Å². The highest BCUT2D eigenvalue weighted by molar-refractivity contribution is 5.50. The van der Waals surface area contributed by atoms with Crippen molar-refractivity contribution in [2.24, 2.45) is 17.8 Å². The van der Waals surface area contributed by atoms with Crippen molar-refractivity contribution in [1.82, 2.24) is 9.97 Å². The Morgan fingerprint density at radius 3 is 2.44 bits per heavy atom. The van der Waals surface area contributed by atoms with Crippen LogP contribution in [0, 0.1) is 17.8 Å². The highest BCUT2D eigenvalue weighted by atomic mass is 16.3. The van der Waals surface area contributed by atoms with Crippen LogP contribution in [0.4, 0.5) is 11.6 Å². The van der Waals surface area contributed by atoms with E-state index in [9.17, 15) is 5.11 Å². The average Bonchev–Trinajstić information content (AvgIpc) is 2.67. The third-order valence-electron chi connectivity index (χ3n) is 5.83. The van der Waals surface area contributed by atoms with Crippen molar-refractivity contribution in [3.63, 3.8) is 0 Å². The van der Waals surface area contributed by atoms with Crippen LogP contribution in [0.2, 0.25) is 0 Å². The molecule has 1 atom stereocenters. The molecule has 0 saturated carbocycles. The largest absolute Gasteiger partial charge is 0.396 e. The molecule has 140 valence electrons. The molecule has 1 aromatic rings. The van der Waals surface area contributed by atoms with Gasteiger partial charge in [0.1, 0.15) is 18.0 Å². The first-order valence-electron chi connectivity index (χ1n) is 10.1. The molecule has 2 fully saturated rings. The Labute approximate surface area is 152 Å². The molecule has 0 amide bonds. The molecule has 1 unspecified atom stereocenters. The summed E-state index contributed by atoms with van der Waals surface area (Å²) in [5.74, 6) is 4.16. The zero-order chi connectivity index (χ0) is 17.6. The highest BCUT2D eigenvalue weighted by Crippen LogP contribution is 2.28. The lowest BCUT2D eigenvalue weighted by Crippen LogP contribution is -2.38. The Balaban J connectivity index is 1.57. The standard InChI is InChI=1S/C20H34N4O/c1-16(2)5-6-17-7-10-23(11-8-17)19-12-20(22-15-21-19)24-9-3-4-18(13-24)14-25/h12,15-18,25H,3-11,13-14H2,1-2H3. The molecule has 1 aromatic heterocycles. The minimum Gasteiger partial charge on any atom is -0.396 e. The van der Waals surface area contributed by atoms with Crippen LogP contribution in [0.1, 0.15) is 52.4 Å².